The van der Waals surface area contributed by atoms with E-state index in [1.54, 1.807) is 23.1 Å². The molecular weight excluding hydrogens is 352 g/mol. The van der Waals surface area contributed by atoms with Gasteiger partial charge in [0.2, 0.25) is 0 Å². The topological polar surface area (TPSA) is 112 Å². The van der Waals surface area contributed by atoms with E-state index >= 15 is 0 Å². The molecule has 0 radical (unpaired) electrons. The summed E-state index contributed by atoms with van der Waals surface area (Å²) in [6.45, 7) is 7.05. The number of carbonyl (C=O) groups is 1. The number of ether oxygens (including phenoxy) is 1. The molecule has 2 N–H and O–H groups in total. The van der Waals surface area contributed by atoms with Gasteiger partial charge < -0.3 is 19.8 Å². The number of aliphatic hydroxyl groups excluding tert-OH is 2. The molecule has 0 spiro atoms. The van der Waals surface area contributed by atoms with Gasteiger partial charge in [-0.3, -0.25) is 4.90 Å². The third kappa shape index (κ3) is 4.74. The Labute approximate surface area is 157 Å². The van der Waals surface area contributed by atoms with Gasteiger partial charge in [-0.25, -0.2) is 9.42 Å². The summed E-state index contributed by atoms with van der Waals surface area (Å²) < 4.78 is 10.1. The van der Waals surface area contributed by atoms with E-state index in [0.29, 0.717) is 42.8 Å². The van der Waals surface area contributed by atoms with Gasteiger partial charge in [0.25, 0.3) is 0 Å². The monoisotopic (exact) mass is 378 g/mol. The lowest BCUT2D eigenvalue weighted by molar-refractivity contribution is -0.0147. The van der Waals surface area contributed by atoms with Crippen LogP contribution >= 0.6 is 0 Å². The van der Waals surface area contributed by atoms with E-state index in [1.807, 2.05) is 25.7 Å². The molecule has 9 nitrogen and oxygen atoms in total. The number of hydrogen-bond acceptors (Lipinski definition) is 8. The van der Waals surface area contributed by atoms with Crippen LogP contribution in [0, 0.1) is 0 Å². The fourth-order valence-electron chi connectivity index (χ4n) is 3.13. The molecule has 9 heteroatoms. The zero-order valence-corrected chi connectivity index (χ0v) is 15.8. The Bertz CT molecular complexity index is 787. The molecular formula is C18H26N4O5. The fraction of sp³-hybridized carbons (Fsp3) is 0.611. The van der Waals surface area contributed by atoms with Crippen molar-refractivity contribution in [2.75, 3.05) is 32.8 Å². The highest BCUT2D eigenvalue weighted by Crippen LogP contribution is 2.22. The van der Waals surface area contributed by atoms with Crippen LogP contribution in [0.3, 0.4) is 0 Å². The average molecular weight is 378 g/mol. The van der Waals surface area contributed by atoms with Crippen LogP contribution in [0.4, 0.5) is 4.79 Å². The molecule has 1 fully saturated rings. The lowest BCUT2D eigenvalue weighted by Gasteiger charge is -2.41. The average Bonchev–Trinajstić information content (AvgIpc) is 3.08. The van der Waals surface area contributed by atoms with Crippen LogP contribution in [-0.4, -0.2) is 80.8 Å². The predicted molar refractivity (Wildman–Crippen MR) is 97.0 cm³/mol. The Hall–Kier alpha value is -2.23. The van der Waals surface area contributed by atoms with Crippen molar-refractivity contribution in [1.82, 2.24) is 20.1 Å². The van der Waals surface area contributed by atoms with E-state index < -0.39 is 11.7 Å². The van der Waals surface area contributed by atoms with Gasteiger partial charge in [0.15, 0.2) is 0 Å². The van der Waals surface area contributed by atoms with Crippen molar-refractivity contribution in [3.63, 3.8) is 0 Å². The zero-order valence-electron chi connectivity index (χ0n) is 15.8. The van der Waals surface area contributed by atoms with Crippen molar-refractivity contribution < 1.29 is 24.4 Å². The molecule has 2 heterocycles. The number of rotatable bonds is 4. The summed E-state index contributed by atoms with van der Waals surface area (Å²) in [5.41, 5.74) is 1.35. The van der Waals surface area contributed by atoms with E-state index in [9.17, 15) is 15.0 Å². The van der Waals surface area contributed by atoms with Gasteiger partial charge in [0, 0.05) is 26.2 Å². The Kier molecular flexibility index (Phi) is 5.64. The molecule has 0 aliphatic carbocycles. The lowest BCUT2D eigenvalue weighted by Crippen LogP contribution is -2.57. The first kappa shape index (κ1) is 19.5. The second-order valence-corrected chi connectivity index (χ2v) is 7.79. The predicted octanol–water partition coefficient (Wildman–Crippen LogP) is 1.17. The number of piperazine rings is 1. The highest BCUT2D eigenvalue weighted by molar-refractivity contribution is 5.73. The van der Waals surface area contributed by atoms with Crippen LogP contribution in [0.1, 0.15) is 32.4 Å². The molecule has 0 bridgehead atoms. The summed E-state index contributed by atoms with van der Waals surface area (Å²) >= 11 is 0. The first-order chi connectivity index (χ1) is 12.8. The van der Waals surface area contributed by atoms with Crippen molar-refractivity contribution in [2.24, 2.45) is 0 Å². The van der Waals surface area contributed by atoms with E-state index in [4.69, 9.17) is 4.74 Å². The highest BCUT2D eigenvalue weighted by atomic mass is 16.6. The molecule has 0 saturated carbocycles. The molecule has 1 saturated heterocycles. The van der Waals surface area contributed by atoms with Crippen LogP contribution in [0.15, 0.2) is 22.8 Å². The van der Waals surface area contributed by atoms with E-state index in [2.05, 4.69) is 14.9 Å². The van der Waals surface area contributed by atoms with E-state index in [-0.39, 0.29) is 18.7 Å². The molecule has 1 amide bonds. The third-order valence-corrected chi connectivity index (χ3v) is 4.54. The van der Waals surface area contributed by atoms with Crippen molar-refractivity contribution in [2.45, 2.75) is 38.5 Å². The van der Waals surface area contributed by atoms with Gasteiger partial charge in [-0.05, 0) is 48.8 Å². The van der Waals surface area contributed by atoms with E-state index in [0.717, 1.165) is 0 Å². The van der Waals surface area contributed by atoms with E-state index in [1.165, 1.54) is 0 Å². The number of benzene rings is 1. The molecule has 2 aromatic rings. The molecule has 1 aliphatic heterocycles. The first-order valence-electron chi connectivity index (χ1n) is 9.00. The number of amides is 1. The zero-order chi connectivity index (χ0) is 19.6. The summed E-state index contributed by atoms with van der Waals surface area (Å²) in [5.74, 6) is 0. The summed E-state index contributed by atoms with van der Waals surface area (Å²) in [5, 5.41) is 27.9. The smallest absolute Gasteiger partial charge is 0.410 e. The summed E-state index contributed by atoms with van der Waals surface area (Å²) in [6, 6.07) is 5.00. The number of β-amino-alcohol motifs (C(OH)–C–C–N with tert-alkyl or cyclic N) is 1. The highest BCUT2D eigenvalue weighted by Gasteiger charge is 2.32. The SMILES string of the molecule is CC(C)(C)OC(=O)N1CCN(CC(O)c2ccc3nonc3c2)[C@H](CO)C1. The number of nitrogens with zero attached hydrogens (tertiary/aromatic N) is 4. The first-order valence-corrected chi connectivity index (χ1v) is 9.00. The quantitative estimate of drug-likeness (QED) is 0.815. The number of aliphatic hydroxyl groups is 2. The second kappa shape index (κ2) is 7.79. The number of carbonyl (C=O) groups excluding carboxylic acids is 1. The molecule has 1 aliphatic rings. The minimum atomic E-state index is -0.756. The van der Waals surface area contributed by atoms with Crippen LogP contribution in [0.25, 0.3) is 11.0 Å². The van der Waals surface area contributed by atoms with Gasteiger partial charge in [-0.2, -0.15) is 0 Å². The van der Waals surface area contributed by atoms with Crippen molar-refractivity contribution >= 4 is 17.1 Å². The lowest BCUT2D eigenvalue weighted by atomic mass is 10.1. The van der Waals surface area contributed by atoms with Crippen molar-refractivity contribution in [3.8, 4) is 0 Å². The van der Waals surface area contributed by atoms with Gasteiger partial charge in [0.1, 0.15) is 16.6 Å². The molecule has 1 unspecified atom stereocenters. The minimum Gasteiger partial charge on any atom is -0.444 e. The largest absolute Gasteiger partial charge is 0.444 e. The Morgan fingerprint density at radius 2 is 2.07 bits per heavy atom. The molecule has 2 atom stereocenters. The number of hydrogen-bond donors (Lipinski definition) is 2. The maximum atomic E-state index is 12.3. The molecule has 148 valence electrons. The van der Waals surface area contributed by atoms with Gasteiger partial charge in [-0.1, -0.05) is 6.07 Å². The van der Waals surface area contributed by atoms with Crippen LogP contribution in [0.2, 0.25) is 0 Å². The Morgan fingerprint density at radius 1 is 1.33 bits per heavy atom. The standard InChI is InChI=1S/C18H26N4O5/c1-18(2,3)26-17(25)22-7-6-21(13(9-22)11-23)10-16(24)12-4-5-14-15(8-12)20-27-19-14/h4-5,8,13,16,23-24H,6-7,9-11H2,1-3H3/t13-,16?/m0/s1. The van der Waals surface area contributed by atoms with Crippen molar-refractivity contribution in [3.05, 3.63) is 23.8 Å². The van der Waals surface area contributed by atoms with Crippen molar-refractivity contribution in [1.29, 1.82) is 0 Å². The molecule has 3 rings (SSSR count). The fourth-order valence-corrected chi connectivity index (χ4v) is 3.13. The molecule has 1 aromatic heterocycles. The van der Waals surface area contributed by atoms with Crippen LogP contribution in [0.5, 0.6) is 0 Å². The summed E-state index contributed by atoms with van der Waals surface area (Å²) in [4.78, 5) is 15.8. The Balaban J connectivity index is 1.62. The van der Waals surface area contributed by atoms with Crippen LogP contribution in [-0.2, 0) is 4.74 Å². The maximum absolute atomic E-state index is 12.3. The minimum absolute atomic E-state index is 0.113. The third-order valence-electron chi connectivity index (χ3n) is 4.54. The molecule has 1 aromatic carbocycles. The van der Waals surface area contributed by atoms with Gasteiger partial charge in [-0.15, -0.1) is 0 Å². The van der Waals surface area contributed by atoms with Gasteiger partial charge in [0.05, 0.1) is 18.8 Å². The summed E-state index contributed by atoms with van der Waals surface area (Å²) in [6.07, 6.45) is -1.14. The Morgan fingerprint density at radius 3 is 2.78 bits per heavy atom. The number of fused-ring (bicyclic) bond motifs is 1. The normalized spacial score (nSPS) is 20.0. The second-order valence-electron chi connectivity index (χ2n) is 7.79. The van der Waals surface area contributed by atoms with Gasteiger partial charge >= 0.3 is 6.09 Å². The maximum Gasteiger partial charge on any atom is 0.410 e. The summed E-state index contributed by atoms with van der Waals surface area (Å²) in [7, 11) is 0. The molecule has 27 heavy (non-hydrogen) atoms. The van der Waals surface area contributed by atoms with Crippen LogP contribution < -0.4 is 0 Å². The number of aromatic nitrogens is 2.